The van der Waals surface area contributed by atoms with Crippen molar-refractivity contribution >= 4 is 33.4 Å². The number of thioether (sulfide) groups is 1. The van der Waals surface area contributed by atoms with E-state index in [0.717, 1.165) is 32.1 Å². The molecule has 2 aromatic rings. The topological polar surface area (TPSA) is 97.8 Å². The fourth-order valence-electron chi connectivity index (χ4n) is 3.99. The van der Waals surface area contributed by atoms with Crippen LogP contribution in [0.1, 0.15) is 38.5 Å². The van der Waals surface area contributed by atoms with Crippen molar-refractivity contribution < 1.29 is 22.7 Å². The second-order valence-electron chi connectivity index (χ2n) is 8.19. The lowest BCUT2D eigenvalue weighted by atomic mass is 9.96. The Bertz CT molecular complexity index is 1070. The number of nitrogens with one attached hydrogen (secondary N) is 1. The molecule has 1 N–H and O–H groups in total. The smallest absolute Gasteiger partial charge is 0.244 e. The molecule has 1 fully saturated rings. The molecule has 0 bridgehead atoms. The zero-order valence-electron chi connectivity index (χ0n) is 18.7. The number of amides is 1. The van der Waals surface area contributed by atoms with Crippen molar-refractivity contribution in [3.8, 4) is 11.5 Å². The van der Waals surface area contributed by atoms with Crippen LogP contribution in [-0.4, -0.2) is 55.7 Å². The number of carbonyl (C=O) groups excluding carboxylic acids is 1. The quantitative estimate of drug-likeness (QED) is 0.586. The molecule has 1 aliphatic carbocycles. The number of carbonyl (C=O) groups is 1. The third kappa shape index (κ3) is 5.99. The Morgan fingerprint density at radius 2 is 1.85 bits per heavy atom. The second kappa shape index (κ2) is 10.8. The van der Waals surface area contributed by atoms with Crippen molar-refractivity contribution in [2.24, 2.45) is 0 Å². The van der Waals surface area contributed by atoms with Gasteiger partial charge in [-0.15, -0.1) is 0 Å². The monoisotopic (exact) mass is 491 g/mol. The van der Waals surface area contributed by atoms with E-state index in [1.54, 1.807) is 37.4 Å². The Hall–Kier alpha value is -2.30. The number of pyridine rings is 1. The van der Waals surface area contributed by atoms with Crippen molar-refractivity contribution in [1.82, 2.24) is 9.29 Å². The van der Waals surface area contributed by atoms with Crippen LogP contribution in [0, 0.1) is 0 Å². The molecular weight excluding hydrogens is 462 g/mol. The maximum atomic E-state index is 12.9. The molecule has 178 valence electrons. The summed E-state index contributed by atoms with van der Waals surface area (Å²) in [7, 11) is -1.93. The van der Waals surface area contributed by atoms with Crippen LogP contribution in [0.15, 0.2) is 46.5 Å². The summed E-state index contributed by atoms with van der Waals surface area (Å²) in [6, 6.07) is 8.57. The molecule has 2 aliphatic rings. The van der Waals surface area contributed by atoms with Crippen LogP contribution in [-0.2, 0) is 14.8 Å². The minimum atomic E-state index is -3.58. The predicted octanol–water partition coefficient (Wildman–Crippen LogP) is 3.93. The summed E-state index contributed by atoms with van der Waals surface area (Å²) < 4.78 is 38.6. The van der Waals surface area contributed by atoms with Crippen LogP contribution >= 0.6 is 11.8 Å². The molecular formula is C23H29N3O5S2. The Morgan fingerprint density at radius 1 is 1.09 bits per heavy atom. The lowest BCUT2D eigenvalue weighted by molar-refractivity contribution is -0.113. The van der Waals surface area contributed by atoms with E-state index in [1.165, 1.54) is 28.7 Å². The van der Waals surface area contributed by atoms with Gasteiger partial charge in [-0.1, -0.05) is 31.0 Å². The van der Waals surface area contributed by atoms with Crippen LogP contribution in [0.4, 0.5) is 5.69 Å². The van der Waals surface area contributed by atoms with E-state index in [4.69, 9.17) is 9.47 Å². The van der Waals surface area contributed by atoms with Crippen molar-refractivity contribution in [2.45, 2.75) is 54.5 Å². The SMILES string of the molecule is CN(C1CCCCC1)S(=O)(=O)c1ccc(SCC(=O)Nc2ccc3c(c2)OCCCO3)nc1. The minimum Gasteiger partial charge on any atom is -0.490 e. The van der Waals surface area contributed by atoms with Crippen molar-refractivity contribution in [3.05, 3.63) is 36.5 Å². The number of nitrogens with zero attached hydrogens (tertiary/aromatic N) is 2. The number of ether oxygens (including phenoxy) is 2. The number of hydrogen-bond acceptors (Lipinski definition) is 7. The molecule has 1 aromatic carbocycles. The van der Waals surface area contributed by atoms with Gasteiger partial charge in [-0.05, 0) is 37.1 Å². The van der Waals surface area contributed by atoms with Gasteiger partial charge in [-0.3, -0.25) is 4.79 Å². The van der Waals surface area contributed by atoms with Crippen LogP contribution in [0.3, 0.4) is 0 Å². The molecule has 0 atom stereocenters. The summed E-state index contributed by atoms with van der Waals surface area (Å²) in [6.45, 7) is 1.19. The fourth-order valence-corrected chi connectivity index (χ4v) is 5.99. The maximum Gasteiger partial charge on any atom is 0.244 e. The zero-order chi connectivity index (χ0) is 23.3. The summed E-state index contributed by atoms with van der Waals surface area (Å²) in [6.07, 6.45) is 7.28. The molecule has 1 amide bonds. The van der Waals surface area contributed by atoms with Crippen LogP contribution in [0.5, 0.6) is 11.5 Å². The van der Waals surface area contributed by atoms with E-state index >= 15 is 0 Å². The van der Waals surface area contributed by atoms with Crippen molar-refractivity contribution in [2.75, 3.05) is 31.3 Å². The van der Waals surface area contributed by atoms with E-state index < -0.39 is 10.0 Å². The standard InChI is InChI=1S/C23H29N3O5S2/c1-26(18-6-3-2-4-7-18)33(28,29)19-9-11-23(24-15-19)32-16-22(27)25-17-8-10-20-21(14-17)31-13-5-12-30-20/h8-11,14-15,18H,2-7,12-13,16H2,1H3,(H,25,27). The molecule has 1 aliphatic heterocycles. The maximum absolute atomic E-state index is 12.9. The van der Waals surface area contributed by atoms with Crippen LogP contribution in [0.2, 0.25) is 0 Å². The van der Waals surface area contributed by atoms with E-state index in [2.05, 4.69) is 10.3 Å². The van der Waals surface area contributed by atoms with Crippen LogP contribution in [0.25, 0.3) is 0 Å². The summed E-state index contributed by atoms with van der Waals surface area (Å²) in [5.41, 5.74) is 0.630. The first kappa shape index (κ1) is 23.8. The Kier molecular flexibility index (Phi) is 7.77. The molecule has 0 spiro atoms. The summed E-state index contributed by atoms with van der Waals surface area (Å²) in [5, 5.41) is 3.43. The highest BCUT2D eigenvalue weighted by Crippen LogP contribution is 2.32. The Labute approximate surface area is 199 Å². The number of fused-ring (bicyclic) bond motifs is 1. The largest absolute Gasteiger partial charge is 0.490 e. The zero-order valence-corrected chi connectivity index (χ0v) is 20.3. The highest BCUT2D eigenvalue weighted by Gasteiger charge is 2.29. The third-order valence-electron chi connectivity index (χ3n) is 5.86. The van der Waals surface area contributed by atoms with Gasteiger partial charge >= 0.3 is 0 Å². The molecule has 33 heavy (non-hydrogen) atoms. The van der Waals surface area contributed by atoms with Crippen molar-refractivity contribution in [1.29, 1.82) is 0 Å². The molecule has 1 saturated carbocycles. The normalized spacial score (nSPS) is 16.9. The summed E-state index contributed by atoms with van der Waals surface area (Å²) in [5.74, 6) is 1.25. The molecule has 8 nitrogen and oxygen atoms in total. The number of rotatable bonds is 7. The van der Waals surface area contributed by atoms with E-state index in [-0.39, 0.29) is 22.6 Å². The first-order valence-electron chi connectivity index (χ1n) is 11.2. The van der Waals surface area contributed by atoms with E-state index in [1.807, 2.05) is 0 Å². The van der Waals surface area contributed by atoms with Gasteiger partial charge in [0, 0.05) is 37.5 Å². The number of hydrogen-bond donors (Lipinski definition) is 1. The minimum absolute atomic E-state index is 0.0476. The Balaban J connectivity index is 1.32. The molecule has 0 saturated heterocycles. The van der Waals surface area contributed by atoms with Gasteiger partial charge < -0.3 is 14.8 Å². The Morgan fingerprint density at radius 3 is 2.58 bits per heavy atom. The second-order valence-corrected chi connectivity index (χ2v) is 11.2. The van der Waals surface area contributed by atoms with Gasteiger partial charge in [0.15, 0.2) is 11.5 Å². The van der Waals surface area contributed by atoms with E-state index in [0.29, 0.717) is 35.4 Å². The highest BCUT2D eigenvalue weighted by molar-refractivity contribution is 7.99. The third-order valence-corrected chi connectivity index (χ3v) is 8.69. The number of anilines is 1. The molecule has 4 rings (SSSR count). The van der Waals surface area contributed by atoms with Gasteiger partial charge in [0.05, 0.1) is 24.0 Å². The number of sulfonamides is 1. The molecule has 1 aromatic heterocycles. The predicted molar refractivity (Wildman–Crippen MR) is 127 cm³/mol. The molecule has 10 heteroatoms. The van der Waals surface area contributed by atoms with Gasteiger partial charge in [0.1, 0.15) is 4.90 Å². The average molecular weight is 492 g/mol. The first-order chi connectivity index (χ1) is 15.9. The summed E-state index contributed by atoms with van der Waals surface area (Å²) in [4.78, 5) is 16.8. The molecule has 2 heterocycles. The molecule has 0 unspecified atom stereocenters. The number of benzene rings is 1. The van der Waals surface area contributed by atoms with E-state index in [9.17, 15) is 13.2 Å². The van der Waals surface area contributed by atoms with Crippen molar-refractivity contribution in [3.63, 3.8) is 0 Å². The van der Waals surface area contributed by atoms with Gasteiger partial charge in [-0.25, -0.2) is 13.4 Å². The molecule has 0 radical (unpaired) electrons. The van der Waals surface area contributed by atoms with Gasteiger partial charge in [0.25, 0.3) is 0 Å². The fraction of sp³-hybridized carbons (Fsp3) is 0.478. The van der Waals surface area contributed by atoms with Gasteiger partial charge in [0.2, 0.25) is 15.9 Å². The summed E-state index contributed by atoms with van der Waals surface area (Å²) >= 11 is 1.25. The highest BCUT2D eigenvalue weighted by atomic mass is 32.2. The number of aromatic nitrogens is 1. The lowest BCUT2D eigenvalue weighted by Crippen LogP contribution is -2.38. The average Bonchev–Trinajstić information content (AvgIpc) is 3.08. The first-order valence-corrected chi connectivity index (χ1v) is 13.6. The lowest BCUT2D eigenvalue weighted by Gasteiger charge is -2.30. The van der Waals surface area contributed by atoms with Crippen LogP contribution < -0.4 is 14.8 Å². The van der Waals surface area contributed by atoms with Gasteiger partial charge in [-0.2, -0.15) is 4.31 Å².